The van der Waals surface area contributed by atoms with Crippen molar-refractivity contribution in [2.75, 3.05) is 44.0 Å². The topological polar surface area (TPSA) is 89.7 Å². The number of carbonyl (C=O) groups is 1. The van der Waals surface area contributed by atoms with Crippen LogP contribution in [0.3, 0.4) is 0 Å². The van der Waals surface area contributed by atoms with Crippen LogP contribution >= 0.6 is 0 Å². The van der Waals surface area contributed by atoms with E-state index in [2.05, 4.69) is 10.3 Å². The van der Waals surface area contributed by atoms with Gasteiger partial charge in [-0.2, -0.15) is 4.98 Å². The van der Waals surface area contributed by atoms with Gasteiger partial charge < -0.3 is 25.4 Å². The first kappa shape index (κ1) is 14.4. The average Bonchev–Trinajstić information content (AvgIpc) is 2.48. The predicted octanol–water partition coefficient (Wildman–Crippen LogP) is 0.0137. The SMILES string of the molecule is CCNC(=O)C1COCCN1c1nc(OC)ccc1N. The zero-order valence-corrected chi connectivity index (χ0v) is 11.8. The Balaban J connectivity index is 2.29. The molecule has 0 spiro atoms. The van der Waals surface area contributed by atoms with Crippen molar-refractivity contribution in [1.29, 1.82) is 0 Å². The molecule has 0 saturated carbocycles. The van der Waals surface area contributed by atoms with Gasteiger partial charge in [-0.15, -0.1) is 0 Å². The van der Waals surface area contributed by atoms with Gasteiger partial charge in [0.05, 0.1) is 26.0 Å². The first-order valence-electron chi connectivity index (χ1n) is 6.60. The monoisotopic (exact) mass is 280 g/mol. The fraction of sp³-hybridized carbons (Fsp3) is 0.538. The lowest BCUT2D eigenvalue weighted by Crippen LogP contribution is -2.54. The number of anilines is 2. The number of hydrogen-bond donors (Lipinski definition) is 2. The summed E-state index contributed by atoms with van der Waals surface area (Å²) in [6.07, 6.45) is 0. The molecule has 2 rings (SSSR count). The largest absolute Gasteiger partial charge is 0.481 e. The fourth-order valence-corrected chi connectivity index (χ4v) is 2.15. The van der Waals surface area contributed by atoms with E-state index in [9.17, 15) is 4.79 Å². The Morgan fingerprint density at radius 1 is 1.65 bits per heavy atom. The molecule has 1 fully saturated rings. The molecule has 0 aliphatic carbocycles. The van der Waals surface area contributed by atoms with Gasteiger partial charge in [-0.05, 0) is 13.0 Å². The minimum Gasteiger partial charge on any atom is -0.481 e. The van der Waals surface area contributed by atoms with Gasteiger partial charge in [-0.3, -0.25) is 4.79 Å². The van der Waals surface area contributed by atoms with E-state index >= 15 is 0 Å². The molecule has 1 aromatic heterocycles. The number of hydrogen-bond acceptors (Lipinski definition) is 6. The zero-order chi connectivity index (χ0) is 14.5. The molecule has 1 aliphatic rings. The molecule has 1 atom stereocenters. The number of nitrogens with zero attached hydrogens (tertiary/aromatic N) is 2. The second-order valence-corrected chi connectivity index (χ2v) is 4.45. The number of likely N-dealkylation sites (N-methyl/N-ethyl adjacent to an activating group) is 1. The molecule has 1 aromatic rings. The second kappa shape index (κ2) is 6.42. The van der Waals surface area contributed by atoms with Crippen LogP contribution < -0.4 is 20.7 Å². The molecule has 0 aromatic carbocycles. The first-order valence-corrected chi connectivity index (χ1v) is 6.60. The molecule has 2 heterocycles. The number of nitrogens with two attached hydrogens (primary N) is 1. The van der Waals surface area contributed by atoms with Gasteiger partial charge in [0.25, 0.3) is 0 Å². The van der Waals surface area contributed by atoms with Gasteiger partial charge in [0.15, 0.2) is 5.82 Å². The molecule has 1 amide bonds. The fourth-order valence-electron chi connectivity index (χ4n) is 2.15. The van der Waals surface area contributed by atoms with Crippen LogP contribution in [0.15, 0.2) is 12.1 Å². The third-order valence-electron chi connectivity index (χ3n) is 3.14. The molecule has 1 aliphatic heterocycles. The molecule has 0 bridgehead atoms. The van der Waals surface area contributed by atoms with Crippen LogP contribution in [0, 0.1) is 0 Å². The van der Waals surface area contributed by atoms with Crippen molar-refractivity contribution in [3.8, 4) is 5.88 Å². The Bertz CT molecular complexity index is 481. The van der Waals surface area contributed by atoms with E-state index in [1.54, 1.807) is 19.2 Å². The third-order valence-corrected chi connectivity index (χ3v) is 3.14. The van der Waals surface area contributed by atoms with Crippen molar-refractivity contribution in [3.05, 3.63) is 12.1 Å². The van der Waals surface area contributed by atoms with Crippen LogP contribution in [0.25, 0.3) is 0 Å². The van der Waals surface area contributed by atoms with E-state index < -0.39 is 6.04 Å². The van der Waals surface area contributed by atoms with Gasteiger partial charge in [-0.25, -0.2) is 0 Å². The lowest BCUT2D eigenvalue weighted by Gasteiger charge is -2.35. The molecule has 0 radical (unpaired) electrons. The van der Waals surface area contributed by atoms with Crippen LogP contribution in [0.4, 0.5) is 11.5 Å². The summed E-state index contributed by atoms with van der Waals surface area (Å²) in [5, 5.41) is 2.80. The Hall–Kier alpha value is -2.02. The van der Waals surface area contributed by atoms with Gasteiger partial charge in [0.1, 0.15) is 6.04 Å². The number of nitrogens with one attached hydrogen (secondary N) is 1. The summed E-state index contributed by atoms with van der Waals surface area (Å²) in [7, 11) is 1.54. The third kappa shape index (κ3) is 2.93. The highest BCUT2D eigenvalue weighted by atomic mass is 16.5. The maximum atomic E-state index is 12.1. The number of rotatable bonds is 4. The Kier molecular flexibility index (Phi) is 4.62. The molecule has 1 unspecified atom stereocenters. The number of aromatic nitrogens is 1. The molecule has 3 N–H and O–H groups in total. The van der Waals surface area contributed by atoms with Crippen molar-refractivity contribution < 1.29 is 14.3 Å². The van der Waals surface area contributed by atoms with E-state index in [0.29, 0.717) is 43.7 Å². The Morgan fingerprint density at radius 2 is 2.45 bits per heavy atom. The van der Waals surface area contributed by atoms with E-state index in [-0.39, 0.29) is 5.91 Å². The molecule has 7 heteroatoms. The predicted molar refractivity (Wildman–Crippen MR) is 75.8 cm³/mol. The normalized spacial score (nSPS) is 18.7. The summed E-state index contributed by atoms with van der Waals surface area (Å²) in [5.74, 6) is 0.940. The highest BCUT2D eigenvalue weighted by Crippen LogP contribution is 2.26. The summed E-state index contributed by atoms with van der Waals surface area (Å²) in [5.41, 5.74) is 6.49. The van der Waals surface area contributed by atoms with Crippen molar-refractivity contribution in [1.82, 2.24) is 10.3 Å². The van der Waals surface area contributed by atoms with E-state index in [1.807, 2.05) is 11.8 Å². The minimum absolute atomic E-state index is 0.0868. The minimum atomic E-state index is -0.425. The Morgan fingerprint density at radius 3 is 3.15 bits per heavy atom. The summed E-state index contributed by atoms with van der Waals surface area (Å²) in [6, 6.07) is 3.00. The molecule has 1 saturated heterocycles. The maximum absolute atomic E-state index is 12.1. The zero-order valence-electron chi connectivity index (χ0n) is 11.8. The number of nitrogen functional groups attached to an aromatic ring is 1. The number of amides is 1. The molecular weight excluding hydrogens is 260 g/mol. The van der Waals surface area contributed by atoms with Gasteiger partial charge in [0.2, 0.25) is 11.8 Å². The average molecular weight is 280 g/mol. The summed E-state index contributed by atoms with van der Waals surface area (Å²) < 4.78 is 10.5. The lowest BCUT2D eigenvalue weighted by molar-refractivity contribution is -0.124. The molecule has 110 valence electrons. The van der Waals surface area contributed by atoms with Crippen LogP contribution in [0.5, 0.6) is 5.88 Å². The maximum Gasteiger partial charge on any atom is 0.245 e. The lowest BCUT2D eigenvalue weighted by atomic mass is 10.2. The second-order valence-electron chi connectivity index (χ2n) is 4.45. The Labute approximate surface area is 118 Å². The first-order chi connectivity index (χ1) is 9.67. The van der Waals surface area contributed by atoms with Gasteiger partial charge in [-0.1, -0.05) is 0 Å². The number of pyridine rings is 1. The van der Waals surface area contributed by atoms with Crippen LogP contribution in [-0.4, -0.2) is 50.3 Å². The number of morpholine rings is 1. The standard InChI is InChI=1S/C13H20N4O3/c1-3-15-13(18)10-8-20-7-6-17(10)12-9(14)4-5-11(16-12)19-2/h4-5,10H,3,6-8,14H2,1-2H3,(H,15,18). The summed E-state index contributed by atoms with van der Waals surface area (Å²) >= 11 is 0. The summed E-state index contributed by atoms with van der Waals surface area (Å²) in [6.45, 7) is 3.87. The molecule has 7 nitrogen and oxygen atoms in total. The van der Waals surface area contributed by atoms with E-state index in [4.69, 9.17) is 15.2 Å². The smallest absolute Gasteiger partial charge is 0.245 e. The van der Waals surface area contributed by atoms with Crippen molar-refractivity contribution in [2.24, 2.45) is 0 Å². The highest BCUT2D eigenvalue weighted by Gasteiger charge is 2.31. The van der Waals surface area contributed by atoms with Crippen LogP contribution in [-0.2, 0) is 9.53 Å². The van der Waals surface area contributed by atoms with Gasteiger partial charge >= 0.3 is 0 Å². The number of ether oxygens (including phenoxy) is 2. The van der Waals surface area contributed by atoms with Crippen LogP contribution in [0.2, 0.25) is 0 Å². The number of methoxy groups -OCH3 is 1. The highest BCUT2D eigenvalue weighted by molar-refractivity contribution is 5.86. The van der Waals surface area contributed by atoms with Gasteiger partial charge in [0, 0.05) is 19.2 Å². The van der Waals surface area contributed by atoms with Crippen molar-refractivity contribution >= 4 is 17.4 Å². The molecule has 20 heavy (non-hydrogen) atoms. The van der Waals surface area contributed by atoms with E-state index in [1.165, 1.54) is 0 Å². The van der Waals surface area contributed by atoms with Crippen molar-refractivity contribution in [2.45, 2.75) is 13.0 Å². The van der Waals surface area contributed by atoms with E-state index in [0.717, 1.165) is 0 Å². The number of carbonyl (C=O) groups excluding carboxylic acids is 1. The quantitative estimate of drug-likeness (QED) is 0.808. The van der Waals surface area contributed by atoms with Crippen molar-refractivity contribution in [3.63, 3.8) is 0 Å². The van der Waals surface area contributed by atoms with Crippen LogP contribution in [0.1, 0.15) is 6.92 Å². The summed E-state index contributed by atoms with van der Waals surface area (Å²) in [4.78, 5) is 18.3. The molecular formula is C13H20N4O3.